The zero-order valence-electron chi connectivity index (χ0n) is 11.0. The number of rotatable bonds is 7. The van der Waals surface area contributed by atoms with Gasteiger partial charge >= 0.3 is 0 Å². The summed E-state index contributed by atoms with van der Waals surface area (Å²) in [5.74, 6) is 0. The fraction of sp³-hybridized carbons (Fsp3) is 0.385. The SMILES string of the molecule is COCCNCc1cnc(Sc2nccs2)c(C)c1. The molecule has 0 atom stereocenters. The van der Waals surface area contributed by atoms with Crippen molar-refractivity contribution in [2.45, 2.75) is 22.8 Å². The summed E-state index contributed by atoms with van der Waals surface area (Å²) in [4.78, 5) is 8.77. The summed E-state index contributed by atoms with van der Waals surface area (Å²) >= 11 is 3.25. The van der Waals surface area contributed by atoms with Crippen molar-refractivity contribution in [1.82, 2.24) is 15.3 Å². The van der Waals surface area contributed by atoms with Crippen molar-refractivity contribution in [2.24, 2.45) is 0 Å². The van der Waals surface area contributed by atoms with E-state index in [1.807, 2.05) is 17.8 Å². The van der Waals surface area contributed by atoms with E-state index in [0.29, 0.717) is 0 Å². The summed E-state index contributed by atoms with van der Waals surface area (Å²) in [5, 5.41) is 6.31. The molecule has 0 aromatic carbocycles. The molecular weight excluding hydrogens is 278 g/mol. The number of pyridine rings is 1. The third-order valence-corrected chi connectivity index (χ3v) is 4.50. The van der Waals surface area contributed by atoms with E-state index in [2.05, 4.69) is 28.3 Å². The fourth-order valence-corrected chi connectivity index (χ4v) is 3.13. The van der Waals surface area contributed by atoms with Crippen molar-refractivity contribution in [2.75, 3.05) is 20.3 Å². The van der Waals surface area contributed by atoms with E-state index in [-0.39, 0.29) is 0 Å². The Morgan fingerprint density at radius 3 is 3.00 bits per heavy atom. The number of ether oxygens (including phenoxy) is 1. The van der Waals surface area contributed by atoms with Crippen molar-refractivity contribution >= 4 is 23.1 Å². The van der Waals surface area contributed by atoms with Gasteiger partial charge in [-0.1, -0.05) is 6.07 Å². The molecule has 2 aromatic rings. The van der Waals surface area contributed by atoms with Crippen LogP contribution in [0.1, 0.15) is 11.1 Å². The van der Waals surface area contributed by atoms with E-state index < -0.39 is 0 Å². The highest BCUT2D eigenvalue weighted by atomic mass is 32.2. The smallest absolute Gasteiger partial charge is 0.156 e. The minimum absolute atomic E-state index is 0.727. The van der Waals surface area contributed by atoms with Crippen molar-refractivity contribution in [3.8, 4) is 0 Å². The van der Waals surface area contributed by atoms with Crippen molar-refractivity contribution in [3.63, 3.8) is 0 Å². The van der Waals surface area contributed by atoms with Crippen LogP contribution in [0.4, 0.5) is 0 Å². The average molecular weight is 295 g/mol. The second-order valence-corrected chi connectivity index (χ2v) is 6.17. The molecule has 0 radical (unpaired) electrons. The van der Waals surface area contributed by atoms with Crippen LogP contribution in [0.15, 0.2) is 33.2 Å². The lowest BCUT2D eigenvalue weighted by molar-refractivity contribution is 0.199. The molecule has 0 fully saturated rings. The molecule has 1 N–H and O–H groups in total. The van der Waals surface area contributed by atoms with Gasteiger partial charge in [-0.25, -0.2) is 9.97 Å². The third-order valence-electron chi connectivity index (χ3n) is 2.49. The summed E-state index contributed by atoms with van der Waals surface area (Å²) in [6.45, 7) is 4.48. The standard InChI is InChI=1S/C13H17N3OS2/c1-10-7-11(8-14-3-5-17-2)9-16-12(10)19-13-15-4-6-18-13/h4,6-7,9,14H,3,5,8H2,1-2H3. The minimum atomic E-state index is 0.727. The first-order valence-electron chi connectivity index (χ1n) is 6.02. The first-order valence-corrected chi connectivity index (χ1v) is 7.71. The molecule has 2 rings (SSSR count). The summed E-state index contributed by atoms with van der Waals surface area (Å²) in [5.41, 5.74) is 2.38. The molecule has 102 valence electrons. The first-order chi connectivity index (χ1) is 9.29. The molecule has 4 nitrogen and oxygen atoms in total. The maximum absolute atomic E-state index is 4.99. The van der Waals surface area contributed by atoms with Gasteiger partial charge < -0.3 is 10.1 Å². The lowest BCUT2D eigenvalue weighted by Gasteiger charge is -2.07. The Bertz CT molecular complexity index is 503. The van der Waals surface area contributed by atoms with Gasteiger partial charge in [-0.05, 0) is 29.8 Å². The molecule has 0 aliphatic heterocycles. The van der Waals surface area contributed by atoms with Crippen LogP contribution in [-0.2, 0) is 11.3 Å². The van der Waals surface area contributed by atoms with Crippen molar-refractivity contribution < 1.29 is 4.74 Å². The van der Waals surface area contributed by atoms with Crippen LogP contribution in [-0.4, -0.2) is 30.2 Å². The fourth-order valence-electron chi connectivity index (χ4n) is 1.57. The largest absolute Gasteiger partial charge is 0.383 e. The van der Waals surface area contributed by atoms with Crippen LogP contribution in [0.25, 0.3) is 0 Å². The highest BCUT2D eigenvalue weighted by molar-refractivity contribution is 8.01. The normalized spacial score (nSPS) is 10.8. The summed E-state index contributed by atoms with van der Waals surface area (Å²) < 4.78 is 6.02. The van der Waals surface area contributed by atoms with Crippen molar-refractivity contribution in [3.05, 3.63) is 35.0 Å². The minimum Gasteiger partial charge on any atom is -0.383 e. The van der Waals surface area contributed by atoms with Gasteiger partial charge in [0.25, 0.3) is 0 Å². The maximum Gasteiger partial charge on any atom is 0.156 e. The van der Waals surface area contributed by atoms with E-state index in [1.165, 1.54) is 11.1 Å². The number of methoxy groups -OCH3 is 1. The highest BCUT2D eigenvalue weighted by Crippen LogP contribution is 2.29. The number of hydrogen-bond donors (Lipinski definition) is 1. The Labute approximate surface area is 121 Å². The molecule has 6 heteroatoms. The first kappa shape index (κ1) is 14.5. The van der Waals surface area contributed by atoms with Crippen LogP contribution < -0.4 is 5.32 Å². The number of hydrogen-bond acceptors (Lipinski definition) is 6. The molecule has 0 spiro atoms. The molecule has 0 amide bonds. The average Bonchev–Trinajstić information content (AvgIpc) is 2.91. The molecule has 19 heavy (non-hydrogen) atoms. The zero-order valence-corrected chi connectivity index (χ0v) is 12.7. The molecule has 0 bridgehead atoms. The zero-order chi connectivity index (χ0) is 13.5. The molecule has 0 unspecified atom stereocenters. The Hall–Kier alpha value is -0.950. The second kappa shape index (κ2) is 7.59. The quantitative estimate of drug-likeness (QED) is 0.796. The van der Waals surface area contributed by atoms with Crippen LogP contribution in [0.5, 0.6) is 0 Å². The summed E-state index contributed by atoms with van der Waals surface area (Å²) in [6.07, 6.45) is 3.74. The second-order valence-electron chi connectivity index (χ2n) is 4.04. The van der Waals surface area contributed by atoms with Crippen LogP contribution in [0.3, 0.4) is 0 Å². The van der Waals surface area contributed by atoms with Gasteiger partial charge in [0.1, 0.15) is 5.03 Å². The van der Waals surface area contributed by atoms with Gasteiger partial charge in [0.15, 0.2) is 4.34 Å². The van der Waals surface area contributed by atoms with Gasteiger partial charge in [0.2, 0.25) is 0 Å². The van der Waals surface area contributed by atoms with E-state index in [0.717, 1.165) is 29.1 Å². The summed E-state index contributed by atoms with van der Waals surface area (Å²) in [6, 6.07) is 2.17. The number of aryl methyl sites for hydroxylation is 1. The Balaban J connectivity index is 1.93. The van der Waals surface area contributed by atoms with Gasteiger partial charge in [0, 0.05) is 38.0 Å². The Morgan fingerprint density at radius 2 is 2.32 bits per heavy atom. The van der Waals surface area contributed by atoms with Gasteiger partial charge in [-0.2, -0.15) is 0 Å². The summed E-state index contributed by atoms with van der Waals surface area (Å²) in [7, 11) is 1.71. The number of nitrogens with zero attached hydrogens (tertiary/aromatic N) is 2. The molecule has 2 heterocycles. The molecule has 0 saturated carbocycles. The van der Waals surface area contributed by atoms with Gasteiger partial charge in [0.05, 0.1) is 6.61 Å². The predicted octanol–water partition coefficient (Wildman–Crippen LogP) is 2.73. The topological polar surface area (TPSA) is 47.0 Å². The molecule has 0 aliphatic carbocycles. The maximum atomic E-state index is 4.99. The predicted molar refractivity (Wildman–Crippen MR) is 78.8 cm³/mol. The van der Waals surface area contributed by atoms with Crippen LogP contribution in [0.2, 0.25) is 0 Å². The van der Waals surface area contributed by atoms with Crippen LogP contribution in [0, 0.1) is 6.92 Å². The van der Waals surface area contributed by atoms with E-state index in [9.17, 15) is 0 Å². The Kier molecular flexibility index (Phi) is 5.78. The molecule has 0 aliphatic rings. The lowest BCUT2D eigenvalue weighted by atomic mass is 10.2. The van der Waals surface area contributed by atoms with Crippen LogP contribution >= 0.6 is 23.1 Å². The molecule has 2 aromatic heterocycles. The number of aromatic nitrogens is 2. The number of thiazole rings is 1. The van der Waals surface area contributed by atoms with Crippen molar-refractivity contribution in [1.29, 1.82) is 0 Å². The monoisotopic (exact) mass is 295 g/mol. The number of nitrogens with one attached hydrogen (secondary N) is 1. The Morgan fingerprint density at radius 1 is 1.42 bits per heavy atom. The highest BCUT2D eigenvalue weighted by Gasteiger charge is 2.05. The van der Waals surface area contributed by atoms with E-state index in [1.54, 1.807) is 30.2 Å². The molecular formula is C13H17N3OS2. The van der Waals surface area contributed by atoms with E-state index in [4.69, 9.17) is 4.74 Å². The van der Waals surface area contributed by atoms with E-state index >= 15 is 0 Å². The van der Waals surface area contributed by atoms with Gasteiger partial charge in [-0.3, -0.25) is 0 Å². The third kappa shape index (κ3) is 4.58. The van der Waals surface area contributed by atoms with Gasteiger partial charge in [-0.15, -0.1) is 11.3 Å². The lowest BCUT2D eigenvalue weighted by Crippen LogP contribution is -2.18. The molecule has 0 saturated heterocycles.